The lowest BCUT2D eigenvalue weighted by molar-refractivity contribution is 0.185. The molecular weight excluding hydrogens is 208 g/mol. The molecule has 1 aliphatic rings. The summed E-state index contributed by atoms with van der Waals surface area (Å²) in [4.78, 5) is 12.6. The van der Waals surface area contributed by atoms with Gasteiger partial charge in [0, 0.05) is 31.7 Å². The molecule has 2 heterocycles. The van der Waals surface area contributed by atoms with Crippen LogP contribution in [0.1, 0.15) is 18.5 Å². The molecule has 2 rings (SSSR count). The van der Waals surface area contributed by atoms with Crippen LogP contribution < -0.4 is 11.1 Å². The number of likely N-dealkylation sites (tertiary alicyclic amines) is 1. The van der Waals surface area contributed by atoms with E-state index in [4.69, 9.17) is 10.3 Å². The number of rotatable bonds is 3. The van der Waals surface area contributed by atoms with Crippen LogP contribution in [-0.4, -0.2) is 35.2 Å². The minimum absolute atomic E-state index is 0.324. The van der Waals surface area contributed by atoms with E-state index in [9.17, 15) is 4.79 Å². The Morgan fingerprint density at radius 2 is 2.38 bits per heavy atom. The van der Waals surface area contributed by atoms with E-state index in [0.717, 1.165) is 31.6 Å². The second kappa shape index (κ2) is 4.98. The van der Waals surface area contributed by atoms with Gasteiger partial charge in [-0.1, -0.05) is 5.16 Å². The number of nitrogens with zero attached hydrogens (tertiary/aromatic N) is 2. The van der Waals surface area contributed by atoms with Crippen molar-refractivity contribution in [1.82, 2.24) is 15.4 Å². The van der Waals surface area contributed by atoms with Gasteiger partial charge in [-0.25, -0.2) is 4.79 Å². The van der Waals surface area contributed by atoms with E-state index < -0.39 is 0 Å². The van der Waals surface area contributed by atoms with Crippen molar-refractivity contribution in [2.75, 3.05) is 13.1 Å². The van der Waals surface area contributed by atoms with E-state index in [2.05, 4.69) is 10.5 Å². The smallest absolute Gasteiger partial charge is 0.314 e. The maximum absolute atomic E-state index is 10.9. The molecule has 3 N–H and O–H groups in total. The molecule has 2 amide bonds. The number of primary amides is 1. The molecule has 0 unspecified atom stereocenters. The van der Waals surface area contributed by atoms with Gasteiger partial charge in [0.2, 0.25) is 0 Å². The summed E-state index contributed by atoms with van der Waals surface area (Å²) in [5.74, 6) is 0. The topological polar surface area (TPSA) is 84.4 Å². The number of piperidine rings is 1. The van der Waals surface area contributed by atoms with E-state index in [1.54, 1.807) is 11.2 Å². The molecule has 0 spiro atoms. The fraction of sp³-hybridized carbons (Fsp3) is 0.600. The number of aromatic nitrogens is 1. The van der Waals surface area contributed by atoms with Crippen molar-refractivity contribution in [2.24, 2.45) is 5.73 Å². The molecule has 0 aromatic carbocycles. The first-order valence-electron chi connectivity index (χ1n) is 5.43. The van der Waals surface area contributed by atoms with E-state index in [1.165, 1.54) is 0 Å². The lowest BCUT2D eigenvalue weighted by Crippen LogP contribution is -2.46. The summed E-state index contributed by atoms with van der Waals surface area (Å²) in [5, 5.41) is 7.20. The number of hydrogen-bond acceptors (Lipinski definition) is 4. The SMILES string of the molecule is NC(=O)N1CCC(NCc2ccon2)CC1. The van der Waals surface area contributed by atoms with Crippen LogP contribution in [0.25, 0.3) is 0 Å². The lowest BCUT2D eigenvalue weighted by Gasteiger charge is -2.31. The van der Waals surface area contributed by atoms with Gasteiger partial charge in [-0.15, -0.1) is 0 Å². The van der Waals surface area contributed by atoms with Crippen molar-refractivity contribution in [3.05, 3.63) is 18.0 Å². The van der Waals surface area contributed by atoms with E-state index in [-0.39, 0.29) is 6.03 Å². The fourth-order valence-electron chi connectivity index (χ4n) is 1.88. The molecule has 1 aromatic heterocycles. The van der Waals surface area contributed by atoms with Crippen LogP contribution in [0, 0.1) is 0 Å². The van der Waals surface area contributed by atoms with Crippen LogP contribution >= 0.6 is 0 Å². The van der Waals surface area contributed by atoms with Gasteiger partial charge in [0.1, 0.15) is 6.26 Å². The third-order valence-corrected chi connectivity index (χ3v) is 2.87. The Bertz CT molecular complexity index is 331. The molecular formula is C10H16N4O2. The summed E-state index contributed by atoms with van der Waals surface area (Å²) in [6.45, 7) is 2.16. The minimum Gasteiger partial charge on any atom is -0.364 e. The van der Waals surface area contributed by atoms with E-state index >= 15 is 0 Å². The summed E-state index contributed by atoms with van der Waals surface area (Å²) >= 11 is 0. The number of carbonyl (C=O) groups is 1. The summed E-state index contributed by atoms with van der Waals surface area (Å²) in [6, 6.07) is 1.94. The molecule has 0 atom stereocenters. The zero-order valence-corrected chi connectivity index (χ0v) is 9.06. The molecule has 16 heavy (non-hydrogen) atoms. The van der Waals surface area contributed by atoms with Gasteiger partial charge >= 0.3 is 6.03 Å². The molecule has 0 aliphatic carbocycles. The van der Waals surface area contributed by atoms with E-state index in [1.807, 2.05) is 6.07 Å². The number of hydrogen-bond donors (Lipinski definition) is 2. The molecule has 0 radical (unpaired) electrons. The Labute approximate surface area is 93.8 Å². The van der Waals surface area contributed by atoms with Crippen molar-refractivity contribution in [3.63, 3.8) is 0 Å². The van der Waals surface area contributed by atoms with Crippen molar-refractivity contribution >= 4 is 6.03 Å². The molecule has 0 saturated carbocycles. The van der Waals surface area contributed by atoms with Crippen molar-refractivity contribution < 1.29 is 9.32 Å². The van der Waals surface area contributed by atoms with Crippen LogP contribution in [0.15, 0.2) is 16.9 Å². The van der Waals surface area contributed by atoms with Gasteiger partial charge < -0.3 is 20.5 Å². The summed E-state index contributed by atoms with van der Waals surface area (Å²) < 4.78 is 4.74. The van der Waals surface area contributed by atoms with Crippen LogP contribution in [0.3, 0.4) is 0 Å². The molecule has 0 bridgehead atoms. The summed E-state index contributed by atoms with van der Waals surface area (Å²) in [5.41, 5.74) is 6.11. The van der Waals surface area contributed by atoms with Crippen LogP contribution in [-0.2, 0) is 6.54 Å². The number of amides is 2. The second-order valence-electron chi connectivity index (χ2n) is 3.97. The molecule has 1 aliphatic heterocycles. The third-order valence-electron chi connectivity index (χ3n) is 2.87. The molecule has 6 heteroatoms. The number of nitrogens with two attached hydrogens (primary N) is 1. The van der Waals surface area contributed by atoms with Gasteiger partial charge in [-0.05, 0) is 12.8 Å². The molecule has 6 nitrogen and oxygen atoms in total. The molecule has 1 aromatic rings. The summed E-state index contributed by atoms with van der Waals surface area (Å²) in [6.07, 6.45) is 3.42. The van der Waals surface area contributed by atoms with Gasteiger partial charge in [-0.2, -0.15) is 0 Å². The maximum Gasteiger partial charge on any atom is 0.314 e. The highest BCUT2D eigenvalue weighted by molar-refractivity contribution is 5.72. The van der Waals surface area contributed by atoms with Crippen molar-refractivity contribution in [2.45, 2.75) is 25.4 Å². The van der Waals surface area contributed by atoms with Gasteiger partial charge in [0.15, 0.2) is 0 Å². The zero-order chi connectivity index (χ0) is 11.4. The quantitative estimate of drug-likeness (QED) is 0.773. The highest BCUT2D eigenvalue weighted by atomic mass is 16.5. The van der Waals surface area contributed by atoms with Crippen molar-refractivity contribution in [1.29, 1.82) is 0 Å². The number of carbonyl (C=O) groups excluding carboxylic acids is 1. The monoisotopic (exact) mass is 224 g/mol. The fourth-order valence-corrected chi connectivity index (χ4v) is 1.88. The highest BCUT2D eigenvalue weighted by Gasteiger charge is 2.20. The normalized spacial score (nSPS) is 17.6. The predicted molar refractivity (Wildman–Crippen MR) is 57.5 cm³/mol. The Balaban J connectivity index is 1.71. The largest absolute Gasteiger partial charge is 0.364 e. The Hall–Kier alpha value is -1.56. The second-order valence-corrected chi connectivity index (χ2v) is 3.97. The van der Waals surface area contributed by atoms with E-state index in [0.29, 0.717) is 12.6 Å². The standard InChI is InChI=1S/C10H16N4O2/c11-10(15)14-4-1-8(2-5-14)12-7-9-3-6-16-13-9/h3,6,8,12H,1-2,4-5,7H2,(H2,11,15). The third kappa shape index (κ3) is 2.73. The van der Waals surface area contributed by atoms with Gasteiger partial charge in [0.05, 0.1) is 5.69 Å². The van der Waals surface area contributed by atoms with Crippen LogP contribution in [0.4, 0.5) is 4.79 Å². The lowest BCUT2D eigenvalue weighted by atomic mass is 10.1. The number of urea groups is 1. The van der Waals surface area contributed by atoms with Gasteiger partial charge in [0.25, 0.3) is 0 Å². The Morgan fingerprint density at radius 3 is 2.94 bits per heavy atom. The minimum atomic E-state index is -0.324. The van der Waals surface area contributed by atoms with Gasteiger partial charge in [-0.3, -0.25) is 0 Å². The predicted octanol–water partition coefficient (Wildman–Crippen LogP) is 0.307. The summed E-state index contributed by atoms with van der Waals surface area (Å²) in [7, 11) is 0. The zero-order valence-electron chi connectivity index (χ0n) is 9.06. The average molecular weight is 224 g/mol. The Morgan fingerprint density at radius 1 is 1.62 bits per heavy atom. The first-order valence-corrected chi connectivity index (χ1v) is 5.43. The first-order chi connectivity index (χ1) is 7.75. The molecule has 1 saturated heterocycles. The first kappa shape index (κ1) is 10.9. The van der Waals surface area contributed by atoms with Crippen LogP contribution in [0.2, 0.25) is 0 Å². The van der Waals surface area contributed by atoms with Crippen molar-refractivity contribution in [3.8, 4) is 0 Å². The Kier molecular flexibility index (Phi) is 3.40. The maximum atomic E-state index is 10.9. The highest BCUT2D eigenvalue weighted by Crippen LogP contribution is 2.10. The van der Waals surface area contributed by atoms with Crippen LogP contribution in [0.5, 0.6) is 0 Å². The molecule has 88 valence electrons. The number of nitrogens with one attached hydrogen (secondary N) is 1. The average Bonchev–Trinajstić information content (AvgIpc) is 2.80. The molecule has 1 fully saturated rings.